The third-order valence-electron chi connectivity index (χ3n) is 2.40. The van der Waals surface area contributed by atoms with Crippen molar-refractivity contribution in [2.24, 2.45) is 5.92 Å². The van der Waals surface area contributed by atoms with Gasteiger partial charge in [0.1, 0.15) is 0 Å². The highest BCUT2D eigenvalue weighted by Crippen LogP contribution is 2.19. The van der Waals surface area contributed by atoms with Gasteiger partial charge in [-0.1, -0.05) is 33.1 Å². The van der Waals surface area contributed by atoms with E-state index in [2.05, 4.69) is 13.8 Å². The molecule has 0 aromatic carbocycles. The van der Waals surface area contributed by atoms with E-state index in [-0.39, 0.29) is 0 Å². The van der Waals surface area contributed by atoms with Crippen molar-refractivity contribution in [2.75, 3.05) is 6.61 Å². The number of halogens is 1. The largest absolute Gasteiger partial charge is 0.396 e. The van der Waals surface area contributed by atoms with E-state index in [9.17, 15) is 0 Å². The third-order valence-corrected chi connectivity index (χ3v) is 3.05. The van der Waals surface area contributed by atoms with E-state index in [1.807, 2.05) is 0 Å². The van der Waals surface area contributed by atoms with Gasteiger partial charge in [0, 0.05) is 12.0 Å². The fourth-order valence-electron chi connectivity index (χ4n) is 1.17. The van der Waals surface area contributed by atoms with Crippen molar-refractivity contribution in [1.29, 1.82) is 0 Å². The van der Waals surface area contributed by atoms with Crippen molar-refractivity contribution in [3.05, 3.63) is 0 Å². The molecule has 2 heteroatoms. The van der Waals surface area contributed by atoms with Gasteiger partial charge >= 0.3 is 0 Å². The highest BCUT2D eigenvalue weighted by molar-refractivity contribution is 6.20. The van der Waals surface area contributed by atoms with E-state index in [1.165, 1.54) is 0 Å². The molecule has 0 aliphatic rings. The summed E-state index contributed by atoms with van der Waals surface area (Å²) in [6.45, 7) is 4.69. The summed E-state index contributed by atoms with van der Waals surface area (Å²) in [5, 5.41) is 8.88. The maximum atomic E-state index is 8.55. The van der Waals surface area contributed by atoms with Crippen molar-refractivity contribution < 1.29 is 5.11 Å². The number of aliphatic hydroxyl groups excluding tert-OH is 1. The van der Waals surface area contributed by atoms with Crippen LogP contribution in [0, 0.1) is 5.92 Å². The summed E-state index contributed by atoms with van der Waals surface area (Å²) in [5.41, 5.74) is 0. The molecule has 0 rings (SSSR count). The Kier molecular flexibility index (Phi) is 8.04. The SMILES string of the molecule is CCC(C)C(Cl)CCCCCO. The summed E-state index contributed by atoms with van der Waals surface area (Å²) in [7, 11) is 0. The van der Waals surface area contributed by atoms with Crippen LogP contribution in [0.2, 0.25) is 0 Å². The first-order valence-corrected chi connectivity index (χ1v) is 5.41. The van der Waals surface area contributed by atoms with Gasteiger partial charge in [-0.2, -0.15) is 0 Å². The number of hydrogen-bond donors (Lipinski definition) is 1. The second-order valence-corrected chi connectivity index (χ2v) is 4.04. The number of rotatable bonds is 7. The molecule has 1 N–H and O–H groups in total. The molecule has 0 aromatic rings. The Balaban J connectivity index is 3.24. The normalized spacial score (nSPS) is 16.0. The minimum absolute atomic E-state index is 0.316. The van der Waals surface area contributed by atoms with Crippen LogP contribution in [0.5, 0.6) is 0 Å². The topological polar surface area (TPSA) is 20.2 Å². The van der Waals surface area contributed by atoms with Crippen LogP contribution in [0.1, 0.15) is 46.0 Å². The van der Waals surface area contributed by atoms with E-state index in [1.54, 1.807) is 0 Å². The molecule has 0 bridgehead atoms. The first kappa shape index (κ1) is 12.2. The molecule has 0 amide bonds. The molecule has 0 saturated carbocycles. The molecule has 0 fully saturated rings. The standard InChI is InChI=1S/C10H21ClO/c1-3-9(2)10(11)7-5-4-6-8-12/h9-10,12H,3-8H2,1-2H3. The van der Waals surface area contributed by atoms with Gasteiger partial charge in [-0.05, 0) is 18.8 Å². The number of hydrogen-bond acceptors (Lipinski definition) is 1. The lowest BCUT2D eigenvalue weighted by atomic mass is 10.00. The lowest BCUT2D eigenvalue weighted by Gasteiger charge is -2.15. The zero-order chi connectivity index (χ0) is 9.40. The fraction of sp³-hybridized carbons (Fsp3) is 1.00. The predicted octanol–water partition coefficient (Wildman–Crippen LogP) is 3.19. The average Bonchev–Trinajstić information content (AvgIpc) is 2.10. The Labute approximate surface area is 81.1 Å². The minimum Gasteiger partial charge on any atom is -0.396 e. The first-order valence-electron chi connectivity index (χ1n) is 4.97. The molecule has 0 saturated heterocycles. The van der Waals surface area contributed by atoms with E-state index in [0.29, 0.717) is 17.9 Å². The average molecular weight is 193 g/mol. The molecular weight excluding hydrogens is 172 g/mol. The molecule has 0 spiro atoms. The molecule has 0 aliphatic carbocycles. The molecule has 12 heavy (non-hydrogen) atoms. The zero-order valence-corrected chi connectivity index (χ0v) is 8.98. The molecule has 0 heterocycles. The summed E-state index contributed by atoms with van der Waals surface area (Å²) in [4.78, 5) is 0. The summed E-state index contributed by atoms with van der Waals surface area (Å²) in [6.07, 6.45) is 5.43. The number of alkyl halides is 1. The van der Waals surface area contributed by atoms with Crippen molar-refractivity contribution in [1.82, 2.24) is 0 Å². The second kappa shape index (κ2) is 7.88. The van der Waals surface area contributed by atoms with Gasteiger partial charge < -0.3 is 5.11 Å². The molecule has 1 nitrogen and oxygen atoms in total. The summed E-state index contributed by atoms with van der Waals surface area (Å²) < 4.78 is 0. The molecule has 0 aliphatic heterocycles. The van der Waals surface area contributed by atoms with Crippen molar-refractivity contribution in [3.63, 3.8) is 0 Å². The van der Waals surface area contributed by atoms with Crippen LogP contribution in [-0.4, -0.2) is 17.1 Å². The van der Waals surface area contributed by atoms with Gasteiger partial charge in [-0.15, -0.1) is 11.6 Å². The highest BCUT2D eigenvalue weighted by atomic mass is 35.5. The smallest absolute Gasteiger partial charge is 0.0431 e. The quantitative estimate of drug-likeness (QED) is 0.485. The van der Waals surface area contributed by atoms with E-state index in [0.717, 1.165) is 32.1 Å². The van der Waals surface area contributed by atoms with Gasteiger partial charge in [0.15, 0.2) is 0 Å². The maximum absolute atomic E-state index is 8.55. The van der Waals surface area contributed by atoms with E-state index >= 15 is 0 Å². The summed E-state index contributed by atoms with van der Waals surface area (Å²) in [5.74, 6) is 0.626. The van der Waals surface area contributed by atoms with Crippen LogP contribution >= 0.6 is 11.6 Å². The Morgan fingerprint density at radius 1 is 1.25 bits per heavy atom. The van der Waals surface area contributed by atoms with Crippen molar-refractivity contribution >= 4 is 11.6 Å². The van der Waals surface area contributed by atoms with Gasteiger partial charge in [-0.3, -0.25) is 0 Å². The number of unbranched alkanes of at least 4 members (excludes halogenated alkanes) is 2. The third kappa shape index (κ3) is 5.84. The zero-order valence-electron chi connectivity index (χ0n) is 8.22. The maximum Gasteiger partial charge on any atom is 0.0431 e. The van der Waals surface area contributed by atoms with Gasteiger partial charge in [0.25, 0.3) is 0 Å². The van der Waals surface area contributed by atoms with Crippen LogP contribution in [-0.2, 0) is 0 Å². The van der Waals surface area contributed by atoms with Crippen LogP contribution < -0.4 is 0 Å². The van der Waals surface area contributed by atoms with Crippen LogP contribution in [0.4, 0.5) is 0 Å². The van der Waals surface area contributed by atoms with E-state index < -0.39 is 0 Å². The molecule has 0 radical (unpaired) electrons. The summed E-state index contributed by atoms with van der Waals surface area (Å²) in [6, 6.07) is 0. The van der Waals surface area contributed by atoms with Crippen molar-refractivity contribution in [2.45, 2.75) is 51.3 Å². The number of aliphatic hydroxyl groups is 1. The van der Waals surface area contributed by atoms with Crippen molar-refractivity contribution in [3.8, 4) is 0 Å². The Bertz CT molecular complexity index is 95.8. The molecule has 2 unspecified atom stereocenters. The van der Waals surface area contributed by atoms with Gasteiger partial charge in [-0.25, -0.2) is 0 Å². The van der Waals surface area contributed by atoms with Crippen LogP contribution in [0.15, 0.2) is 0 Å². The Morgan fingerprint density at radius 2 is 1.92 bits per heavy atom. The monoisotopic (exact) mass is 192 g/mol. The lowest BCUT2D eigenvalue weighted by Crippen LogP contribution is -2.10. The fourth-order valence-corrected chi connectivity index (χ4v) is 1.50. The van der Waals surface area contributed by atoms with Gasteiger partial charge in [0.05, 0.1) is 0 Å². The lowest BCUT2D eigenvalue weighted by molar-refractivity contribution is 0.282. The second-order valence-electron chi connectivity index (χ2n) is 3.47. The van der Waals surface area contributed by atoms with Crippen LogP contribution in [0.3, 0.4) is 0 Å². The van der Waals surface area contributed by atoms with Gasteiger partial charge in [0.2, 0.25) is 0 Å². The molecule has 74 valence electrons. The Hall–Kier alpha value is 0.250. The molecule has 2 atom stereocenters. The van der Waals surface area contributed by atoms with Crippen LogP contribution in [0.25, 0.3) is 0 Å². The Morgan fingerprint density at radius 3 is 2.42 bits per heavy atom. The first-order chi connectivity index (χ1) is 5.72. The molecule has 0 aromatic heterocycles. The molecular formula is C10H21ClO. The van der Waals surface area contributed by atoms with E-state index in [4.69, 9.17) is 16.7 Å². The highest BCUT2D eigenvalue weighted by Gasteiger charge is 2.11. The minimum atomic E-state index is 0.316. The predicted molar refractivity (Wildman–Crippen MR) is 54.6 cm³/mol. The summed E-state index contributed by atoms with van der Waals surface area (Å²) >= 11 is 6.15.